The molecule has 0 aliphatic rings. The van der Waals surface area contributed by atoms with Crippen LogP contribution in [0, 0.1) is 0 Å². The normalized spacial score (nSPS) is 11.2. The molecule has 2 nitrogen and oxygen atoms in total. The van der Waals surface area contributed by atoms with E-state index >= 15 is 0 Å². The van der Waals surface area contributed by atoms with Gasteiger partial charge in [0.15, 0.2) is 0 Å². The lowest BCUT2D eigenvalue weighted by atomic mass is 9.87. The quantitative estimate of drug-likeness (QED) is 0.763. The van der Waals surface area contributed by atoms with Crippen molar-refractivity contribution in [3.8, 4) is 0 Å². The van der Waals surface area contributed by atoms with E-state index in [9.17, 15) is 5.11 Å². The maximum Gasteiger partial charge on any atom is 0.0701 e. The summed E-state index contributed by atoms with van der Waals surface area (Å²) in [5.74, 6) is 0. The summed E-state index contributed by atoms with van der Waals surface area (Å²) in [6, 6.07) is 9.93. The first-order valence-electron chi connectivity index (χ1n) is 7.75. The van der Waals surface area contributed by atoms with Gasteiger partial charge in [0, 0.05) is 0 Å². The SMILES string of the molecule is C=CCC(CO)(NC)c1ccccc1.CC.CC.CC. The van der Waals surface area contributed by atoms with Gasteiger partial charge in [0.2, 0.25) is 0 Å². The van der Waals surface area contributed by atoms with Gasteiger partial charge >= 0.3 is 0 Å². The Morgan fingerprint density at radius 1 is 1.05 bits per heavy atom. The molecule has 1 atom stereocenters. The summed E-state index contributed by atoms with van der Waals surface area (Å²) >= 11 is 0. The molecule has 0 aliphatic heterocycles. The fourth-order valence-electron chi connectivity index (χ4n) is 1.60. The molecule has 1 aromatic rings. The van der Waals surface area contributed by atoms with E-state index in [4.69, 9.17) is 0 Å². The lowest BCUT2D eigenvalue weighted by Gasteiger charge is -2.31. The largest absolute Gasteiger partial charge is 0.394 e. The minimum absolute atomic E-state index is 0.0690. The highest BCUT2D eigenvalue weighted by molar-refractivity contribution is 5.25. The first-order chi connectivity index (χ1) is 9.79. The number of hydrogen-bond donors (Lipinski definition) is 2. The van der Waals surface area contributed by atoms with Gasteiger partial charge in [-0.2, -0.15) is 0 Å². The molecule has 0 bridgehead atoms. The van der Waals surface area contributed by atoms with Crippen LogP contribution in [0.15, 0.2) is 43.0 Å². The highest BCUT2D eigenvalue weighted by atomic mass is 16.3. The van der Waals surface area contributed by atoms with Crippen molar-refractivity contribution in [1.29, 1.82) is 0 Å². The monoisotopic (exact) mass is 281 g/mol. The average molecular weight is 281 g/mol. The maximum atomic E-state index is 9.45. The average Bonchev–Trinajstić information content (AvgIpc) is 2.59. The van der Waals surface area contributed by atoms with E-state index < -0.39 is 0 Å². The summed E-state index contributed by atoms with van der Waals surface area (Å²) in [6.45, 7) is 15.8. The highest BCUT2D eigenvalue weighted by Crippen LogP contribution is 2.24. The van der Waals surface area contributed by atoms with E-state index in [1.54, 1.807) is 0 Å². The third-order valence-corrected chi connectivity index (χ3v) is 2.57. The van der Waals surface area contributed by atoms with Crippen LogP contribution in [0.5, 0.6) is 0 Å². The third-order valence-electron chi connectivity index (χ3n) is 2.57. The summed E-state index contributed by atoms with van der Waals surface area (Å²) in [4.78, 5) is 0. The second-order valence-electron chi connectivity index (χ2n) is 3.35. The zero-order chi connectivity index (χ0) is 16.4. The van der Waals surface area contributed by atoms with Gasteiger partial charge in [0.1, 0.15) is 0 Å². The minimum Gasteiger partial charge on any atom is -0.394 e. The van der Waals surface area contributed by atoms with Crippen LogP contribution in [-0.2, 0) is 5.54 Å². The lowest BCUT2D eigenvalue weighted by molar-refractivity contribution is 0.170. The van der Waals surface area contributed by atoms with Crippen molar-refractivity contribution in [1.82, 2.24) is 5.32 Å². The molecule has 0 spiro atoms. The Labute approximate surface area is 126 Å². The third kappa shape index (κ3) is 8.13. The summed E-state index contributed by atoms with van der Waals surface area (Å²) in [5.41, 5.74) is 0.702. The van der Waals surface area contributed by atoms with Gasteiger partial charge in [0.25, 0.3) is 0 Å². The van der Waals surface area contributed by atoms with Crippen molar-refractivity contribution in [3.05, 3.63) is 48.6 Å². The molecule has 0 amide bonds. The molecule has 2 N–H and O–H groups in total. The number of rotatable bonds is 5. The van der Waals surface area contributed by atoms with Gasteiger partial charge < -0.3 is 10.4 Å². The van der Waals surface area contributed by atoms with Crippen molar-refractivity contribution in [2.75, 3.05) is 13.7 Å². The van der Waals surface area contributed by atoms with Gasteiger partial charge in [0.05, 0.1) is 12.1 Å². The Bertz CT molecular complexity index is 279. The van der Waals surface area contributed by atoms with Crippen LogP contribution < -0.4 is 5.32 Å². The lowest BCUT2D eigenvalue weighted by Crippen LogP contribution is -2.43. The molecule has 0 heterocycles. The van der Waals surface area contributed by atoms with E-state index in [0.717, 1.165) is 5.56 Å². The smallest absolute Gasteiger partial charge is 0.0701 e. The van der Waals surface area contributed by atoms with Crippen LogP contribution in [0.3, 0.4) is 0 Å². The number of hydrogen-bond acceptors (Lipinski definition) is 2. The van der Waals surface area contributed by atoms with Crippen LogP contribution in [0.2, 0.25) is 0 Å². The predicted octanol–water partition coefficient (Wildman–Crippen LogP) is 4.75. The standard InChI is InChI=1S/C12H17NO.3C2H6/c1-3-9-12(10-14,13-2)11-7-5-4-6-8-11;3*1-2/h3-8,13-14H,1,9-10H2,2H3;3*1-2H3. The van der Waals surface area contributed by atoms with Crippen LogP contribution in [-0.4, -0.2) is 18.8 Å². The van der Waals surface area contributed by atoms with Gasteiger partial charge in [-0.3, -0.25) is 0 Å². The summed E-state index contributed by atoms with van der Waals surface area (Å²) in [7, 11) is 1.85. The summed E-state index contributed by atoms with van der Waals surface area (Å²) in [5, 5.41) is 12.6. The minimum atomic E-state index is -0.386. The summed E-state index contributed by atoms with van der Waals surface area (Å²) in [6.07, 6.45) is 2.53. The Kier molecular flexibility index (Phi) is 21.4. The number of aliphatic hydroxyl groups is 1. The molecule has 0 radical (unpaired) electrons. The van der Waals surface area contributed by atoms with Crippen LogP contribution in [0.4, 0.5) is 0 Å². The first kappa shape index (κ1) is 23.9. The first-order valence-corrected chi connectivity index (χ1v) is 7.75. The predicted molar refractivity (Wildman–Crippen MR) is 93.1 cm³/mol. The number of benzene rings is 1. The topological polar surface area (TPSA) is 32.3 Å². The van der Waals surface area contributed by atoms with E-state index in [1.807, 2.05) is 85.0 Å². The second-order valence-corrected chi connectivity index (χ2v) is 3.35. The molecule has 0 saturated heterocycles. The van der Waals surface area contributed by atoms with Crippen LogP contribution in [0.1, 0.15) is 53.5 Å². The number of likely N-dealkylation sites (N-methyl/N-ethyl adjacent to an activating group) is 1. The van der Waals surface area contributed by atoms with E-state index in [0.29, 0.717) is 6.42 Å². The van der Waals surface area contributed by atoms with Crippen molar-refractivity contribution in [2.24, 2.45) is 0 Å². The molecule has 0 aliphatic carbocycles. The van der Waals surface area contributed by atoms with Crippen LogP contribution in [0.25, 0.3) is 0 Å². The van der Waals surface area contributed by atoms with Gasteiger partial charge in [-0.1, -0.05) is 78.0 Å². The van der Waals surface area contributed by atoms with Crippen LogP contribution >= 0.6 is 0 Å². The highest BCUT2D eigenvalue weighted by Gasteiger charge is 2.27. The molecule has 0 saturated carbocycles. The van der Waals surface area contributed by atoms with Gasteiger partial charge in [-0.25, -0.2) is 0 Å². The summed E-state index contributed by atoms with van der Waals surface area (Å²) < 4.78 is 0. The Balaban J connectivity index is -0.000000425. The molecule has 0 aromatic heterocycles. The molecule has 1 unspecified atom stereocenters. The van der Waals surface area contributed by atoms with E-state index in [2.05, 4.69) is 11.9 Å². The van der Waals surface area contributed by atoms with Gasteiger partial charge in [-0.15, -0.1) is 6.58 Å². The maximum absolute atomic E-state index is 9.45. The van der Waals surface area contributed by atoms with Crippen molar-refractivity contribution >= 4 is 0 Å². The fraction of sp³-hybridized carbons (Fsp3) is 0.556. The zero-order valence-corrected chi connectivity index (χ0v) is 14.5. The molecular formula is C18H35NO. The Morgan fingerprint density at radius 3 is 1.80 bits per heavy atom. The zero-order valence-electron chi connectivity index (χ0n) is 14.5. The fourth-order valence-corrected chi connectivity index (χ4v) is 1.60. The van der Waals surface area contributed by atoms with E-state index in [-0.39, 0.29) is 12.1 Å². The molecule has 1 aromatic carbocycles. The molecule has 118 valence electrons. The van der Waals surface area contributed by atoms with Crippen molar-refractivity contribution in [2.45, 2.75) is 53.5 Å². The van der Waals surface area contributed by atoms with Crippen molar-refractivity contribution in [3.63, 3.8) is 0 Å². The molecule has 0 fully saturated rings. The molecule has 1 rings (SSSR count). The molecule has 20 heavy (non-hydrogen) atoms. The van der Waals surface area contributed by atoms with Gasteiger partial charge in [-0.05, 0) is 19.0 Å². The Hall–Kier alpha value is -1.12. The number of nitrogens with one attached hydrogen (secondary N) is 1. The molecule has 2 heteroatoms. The van der Waals surface area contributed by atoms with E-state index in [1.165, 1.54) is 0 Å². The second kappa shape index (κ2) is 17.9. The number of aliphatic hydroxyl groups excluding tert-OH is 1. The molecular weight excluding hydrogens is 246 g/mol. The van der Waals surface area contributed by atoms with Crippen molar-refractivity contribution < 1.29 is 5.11 Å². The Morgan fingerprint density at radius 2 is 1.50 bits per heavy atom.